The largest absolute Gasteiger partial charge is 0.372 e. The van der Waals surface area contributed by atoms with E-state index in [4.69, 9.17) is 0 Å². The number of hydrogen-bond donors (Lipinski definition) is 1. The van der Waals surface area contributed by atoms with E-state index in [0.717, 1.165) is 31.7 Å². The summed E-state index contributed by atoms with van der Waals surface area (Å²) < 4.78 is 0. The molecule has 0 saturated carbocycles. The summed E-state index contributed by atoms with van der Waals surface area (Å²) in [6, 6.07) is 11.6. The molecule has 7 heteroatoms. The van der Waals surface area contributed by atoms with Crippen LogP contribution >= 0.6 is 0 Å². The number of nitrogens with zero attached hydrogens (tertiary/aromatic N) is 4. The fraction of sp³-hybridized carbons (Fsp3) is 0.435. The summed E-state index contributed by atoms with van der Waals surface area (Å²) in [6.45, 7) is 5.39. The molecule has 0 bridgehead atoms. The minimum atomic E-state index is -0.0159. The highest BCUT2D eigenvalue weighted by atomic mass is 16.2. The zero-order chi connectivity index (χ0) is 20.8. The van der Waals surface area contributed by atoms with Gasteiger partial charge >= 0.3 is 0 Å². The molecule has 7 nitrogen and oxygen atoms in total. The molecule has 2 saturated heterocycles. The topological polar surface area (TPSA) is 68.8 Å². The fourth-order valence-corrected chi connectivity index (χ4v) is 4.14. The number of rotatable bonds is 5. The molecule has 2 amide bonds. The van der Waals surface area contributed by atoms with Crippen molar-refractivity contribution in [3.63, 3.8) is 0 Å². The van der Waals surface area contributed by atoms with Gasteiger partial charge in [-0.3, -0.25) is 19.5 Å². The Hall–Kier alpha value is -2.93. The van der Waals surface area contributed by atoms with Crippen LogP contribution in [0.2, 0.25) is 0 Å². The monoisotopic (exact) mass is 407 g/mol. The molecule has 1 aromatic carbocycles. The number of amides is 2. The van der Waals surface area contributed by atoms with Gasteiger partial charge in [0, 0.05) is 68.6 Å². The van der Waals surface area contributed by atoms with Gasteiger partial charge in [-0.05, 0) is 55.7 Å². The smallest absolute Gasteiger partial charge is 0.254 e. The highest BCUT2D eigenvalue weighted by Crippen LogP contribution is 2.22. The molecule has 4 rings (SSSR count). The summed E-state index contributed by atoms with van der Waals surface area (Å²) in [7, 11) is 0. The van der Waals surface area contributed by atoms with E-state index < -0.39 is 0 Å². The van der Waals surface area contributed by atoms with Crippen LogP contribution in [0.3, 0.4) is 0 Å². The minimum Gasteiger partial charge on any atom is -0.372 e. The fourth-order valence-electron chi connectivity index (χ4n) is 4.14. The molecule has 30 heavy (non-hydrogen) atoms. The van der Waals surface area contributed by atoms with E-state index in [2.05, 4.69) is 32.2 Å². The van der Waals surface area contributed by atoms with Crippen molar-refractivity contribution in [2.24, 2.45) is 0 Å². The minimum absolute atomic E-state index is 0.0159. The van der Waals surface area contributed by atoms with Crippen LogP contribution in [0.1, 0.15) is 29.6 Å². The van der Waals surface area contributed by atoms with E-state index in [-0.39, 0.29) is 11.8 Å². The van der Waals surface area contributed by atoms with Crippen LogP contribution in [-0.4, -0.2) is 72.4 Å². The van der Waals surface area contributed by atoms with Gasteiger partial charge in [0.15, 0.2) is 0 Å². The third-order valence-corrected chi connectivity index (χ3v) is 5.79. The summed E-state index contributed by atoms with van der Waals surface area (Å²) in [5, 5.41) is 3.00. The Morgan fingerprint density at radius 1 is 0.833 bits per heavy atom. The second-order valence-corrected chi connectivity index (χ2v) is 7.95. The number of anilines is 2. The number of aromatic nitrogens is 1. The van der Waals surface area contributed by atoms with E-state index in [1.165, 1.54) is 18.5 Å². The maximum absolute atomic E-state index is 12.6. The van der Waals surface area contributed by atoms with Crippen molar-refractivity contribution in [1.29, 1.82) is 0 Å². The van der Waals surface area contributed by atoms with Gasteiger partial charge in [0.05, 0.1) is 6.54 Å². The predicted molar refractivity (Wildman–Crippen MR) is 118 cm³/mol. The molecule has 2 aromatic rings. The van der Waals surface area contributed by atoms with Gasteiger partial charge in [-0.2, -0.15) is 0 Å². The molecule has 158 valence electrons. The lowest BCUT2D eigenvalue weighted by atomic mass is 10.2. The van der Waals surface area contributed by atoms with Gasteiger partial charge in [-0.25, -0.2) is 0 Å². The summed E-state index contributed by atoms with van der Waals surface area (Å²) in [6.07, 6.45) is 6.63. The molecule has 0 radical (unpaired) electrons. The third kappa shape index (κ3) is 5.16. The van der Waals surface area contributed by atoms with E-state index in [9.17, 15) is 9.59 Å². The molecule has 2 aliphatic heterocycles. The Labute approximate surface area is 177 Å². The van der Waals surface area contributed by atoms with Gasteiger partial charge < -0.3 is 15.1 Å². The van der Waals surface area contributed by atoms with Crippen molar-refractivity contribution in [3.05, 3.63) is 54.4 Å². The number of carbonyl (C=O) groups excluding carboxylic acids is 2. The molecule has 0 unspecified atom stereocenters. The van der Waals surface area contributed by atoms with Gasteiger partial charge in [0.1, 0.15) is 0 Å². The Kier molecular flexibility index (Phi) is 6.59. The van der Waals surface area contributed by atoms with Crippen molar-refractivity contribution >= 4 is 23.2 Å². The van der Waals surface area contributed by atoms with Gasteiger partial charge in [0.25, 0.3) is 5.91 Å². The van der Waals surface area contributed by atoms with Crippen molar-refractivity contribution in [2.45, 2.75) is 19.3 Å². The lowest BCUT2D eigenvalue weighted by Gasteiger charge is -2.22. The lowest BCUT2D eigenvalue weighted by molar-refractivity contribution is -0.117. The Morgan fingerprint density at radius 3 is 2.30 bits per heavy atom. The molecule has 0 aliphatic carbocycles. The molecule has 2 fully saturated rings. The van der Waals surface area contributed by atoms with E-state index >= 15 is 0 Å². The Bertz CT molecular complexity index is 850. The maximum atomic E-state index is 12.6. The number of benzene rings is 1. The van der Waals surface area contributed by atoms with E-state index in [0.29, 0.717) is 31.7 Å². The van der Waals surface area contributed by atoms with Crippen molar-refractivity contribution in [1.82, 2.24) is 14.8 Å². The maximum Gasteiger partial charge on any atom is 0.254 e. The quantitative estimate of drug-likeness (QED) is 0.825. The first-order valence-corrected chi connectivity index (χ1v) is 10.8. The Balaban J connectivity index is 1.26. The lowest BCUT2D eigenvalue weighted by Crippen LogP contribution is -2.38. The van der Waals surface area contributed by atoms with Gasteiger partial charge in [0.2, 0.25) is 5.91 Å². The van der Waals surface area contributed by atoms with Gasteiger partial charge in [-0.15, -0.1) is 0 Å². The molecular weight excluding hydrogens is 378 g/mol. The van der Waals surface area contributed by atoms with Crippen molar-refractivity contribution < 1.29 is 9.59 Å². The first kappa shape index (κ1) is 20.3. The van der Waals surface area contributed by atoms with Gasteiger partial charge in [-0.1, -0.05) is 0 Å². The van der Waals surface area contributed by atoms with Crippen LogP contribution in [0.15, 0.2) is 48.8 Å². The molecule has 0 atom stereocenters. The Morgan fingerprint density at radius 2 is 1.57 bits per heavy atom. The summed E-state index contributed by atoms with van der Waals surface area (Å²) in [5.74, 6) is 0.0135. The summed E-state index contributed by atoms with van der Waals surface area (Å²) in [5.41, 5.74) is 2.71. The van der Waals surface area contributed by atoms with Crippen LogP contribution in [0.5, 0.6) is 0 Å². The summed E-state index contributed by atoms with van der Waals surface area (Å²) in [4.78, 5) is 35.5. The van der Waals surface area contributed by atoms with Crippen LogP contribution in [0.25, 0.3) is 0 Å². The van der Waals surface area contributed by atoms with Crippen molar-refractivity contribution in [3.8, 4) is 0 Å². The zero-order valence-electron chi connectivity index (χ0n) is 17.3. The van der Waals surface area contributed by atoms with Crippen LogP contribution in [0.4, 0.5) is 11.4 Å². The first-order valence-electron chi connectivity index (χ1n) is 10.8. The molecular formula is C23H29N5O2. The highest BCUT2D eigenvalue weighted by Gasteiger charge is 2.21. The van der Waals surface area contributed by atoms with Crippen LogP contribution in [0, 0.1) is 0 Å². The molecule has 1 N–H and O–H groups in total. The van der Waals surface area contributed by atoms with Crippen LogP contribution < -0.4 is 10.2 Å². The number of nitrogens with one attached hydrogen (secondary N) is 1. The second kappa shape index (κ2) is 9.71. The molecule has 2 aliphatic rings. The third-order valence-electron chi connectivity index (χ3n) is 5.79. The standard InChI is InChI=1S/C23H29N5O2/c29-22(25-20-4-6-21(7-5-20)27-13-1-2-14-27)18-26-12-3-15-28(17-16-26)23(30)19-8-10-24-11-9-19/h4-11H,1-3,12-18H2,(H,25,29). The SMILES string of the molecule is O=C(CN1CCCN(C(=O)c2ccncc2)CC1)Nc1ccc(N2CCCC2)cc1. The molecule has 3 heterocycles. The second-order valence-electron chi connectivity index (χ2n) is 7.95. The van der Waals surface area contributed by atoms with Crippen LogP contribution in [-0.2, 0) is 4.79 Å². The average molecular weight is 408 g/mol. The van der Waals surface area contributed by atoms with Crippen molar-refractivity contribution in [2.75, 3.05) is 56.0 Å². The number of pyridine rings is 1. The summed E-state index contributed by atoms with van der Waals surface area (Å²) >= 11 is 0. The normalized spacial score (nSPS) is 17.6. The number of hydrogen-bond acceptors (Lipinski definition) is 5. The highest BCUT2D eigenvalue weighted by molar-refractivity contribution is 5.94. The molecule has 1 aromatic heterocycles. The zero-order valence-corrected chi connectivity index (χ0v) is 17.3. The first-order chi connectivity index (χ1) is 14.7. The predicted octanol–water partition coefficient (Wildman–Crippen LogP) is 2.47. The average Bonchev–Trinajstić information content (AvgIpc) is 3.22. The number of carbonyl (C=O) groups is 2. The molecule has 0 spiro atoms. The van der Waals surface area contributed by atoms with E-state index in [1.807, 2.05) is 17.0 Å². The van der Waals surface area contributed by atoms with E-state index in [1.54, 1.807) is 24.5 Å².